The summed E-state index contributed by atoms with van der Waals surface area (Å²) in [6, 6.07) is 16.3. The van der Waals surface area contributed by atoms with Crippen LogP contribution in [0.2, 0.25) is 0 Å². The van der Waals surface area contributed by atoms with Crippen LogP contribution in [-0.2, 0) is 5.41 Å². The lowest BCUT2D eigenvalue weighted by molar-refractivity contribution is 0.0996. The van der Waals surface area contributed by atoms with E-state index in [4.69, 9.17) is 0 Å². The van der Waals surface area contributed by atoms with Crippen molar-refractivity contribution in [2.45, 2.75) is 39.2 Å². The van der Waals surface area contributed by atoms with Gasteiger partial charge in [-0.15, -0.1) is 0 Å². The van der Waals surface area contributed by atoms with Crippen molar-refractivity contribution in [2.75, 3.05) is 0 Å². The van der Waals surface area contributed by atoms with Crippen LogP contribution in [0.25, 0.3) is 0 Å². The van der Waals surface area contributed by atoms with Crippen molar-refractivity contribution in [3.8, 4) is 0 Å². The molecular weight excluding hydrogens is 232 g/mol. The predicted molar refractivity (Wildman–Crippen MR) is 80.3 cm³/mol. The molecule has 1 heteroatoms. The molecule has 1 nitrogen and oxygen atoms in total. The van der Waals surface area contributed by atoms with Gasteiger partial charge in [0, 0.05) is 5.41 Å². The highest BCUT2D eigenvalue weighted by Gasteiger charge is 2.31. The van der Waals surface area contributed by atoms with Gasteiger partial charge in [-0.25, -0.2) is 0 Å². The molecule has 0 saturated carbocycles. The van der Waals surface area contributed by atoms with Gasteiger partial charge in [-0.3, -0.25) is 0 Å². The molecule has 0 aliphatic rings. The molecule has 0 radical (unpaired) electrons. The standard InChI is InChI=1S/C18H22O/c1-13-9-8-12-16(14(13)2)17(19)18(3,4)15-10-6-5-7-11-15/h5-12,17,19H,1-4H3. The first kappa shape index (κ1) is 13.8. The van der Waals surface area contributed by atoms with Gasteiger partial charge in [0.05, 0.1) is 6.10 Å². The summed E-state index contributed by atoms with van der Waals surface area (Å²) in [6.45, 7) is 8.35. The maximum Gasteiger partial charge on any atom is 0.0883 e. The minimum atomic E-state index is -0.505. The lowest BCUT2D eigenvalue weighted by Gasteiger charge is -2.32. The average Bonchev–Trinajstić information content (AvgIpc) is 2.42. The van der Waals surface area contributed by atoms with E-state index >= 15 is 0 Å². The number of aliphatic hydroxyl groups is 1. The Morgan fingerprint density at radius 1 is 0.895 bits per heavy atom. The van der Waals surface area contributed by atoms with E-state index in [9.17, 15) is 5.11 Å². The Bertz CT molecular complexity index is 555. The highest BCUT2D eigenvalue weighted by atomic mass is 16.3. The summed E-state index contributed by atoms with van der Waals surface area (Å²) >= 11 is 0. The van der Waals surface area contributed by atoms with E-state index in [-0.39, 0.29) is 5.41 Å². The predicted octanol–water partition coefficient (Wildman–Crippen LogP) is 4.31. The molecule has 1 N–H and O–H groups in total. The maximum atomic E-state index is 10.8. The van der Waals surface area contributed by atoms with Crippen molar-refractivity contribution in [1.82, 2.24) is 0 Å². The van der Waals surface area contributed by atoms with E-state index in [2.05, 4.69) is 45.9 Å². The number of hydrogen-bond donors (Lipinski definition) is 1. The van der Waals surface area contributed by atoms with Crippen LogP contribution in [0.1, 0.15) is 42.2 Å². The second-order valence-electron chi connectivity index (χ2n) is 5.78. The van der Waals surface area contributed by atoms with Gasteiger partial charge in [0.25, 0.3) is 0 Å². The molecule has 0 heterocycles. The Kier molecular flexibility index (Phi) is 3.77. The number of aryl methyl sites for hydroxylation is 1. The normalized spacial score (nSPS) is 13.3. The van der Waals surface area contributed by atoms with Crippen LogP contribution in [-0.4, -0.2) is 5.11 Å². The van der Waals surface area contributed by atoms with Crippen LogP contribution in [0.5, 0.6) is 0 Å². The van der Waals surface area contributed by atoms with E-state index < -0.39 is 6.10 Å². The average molecular weight is 254 g/mol. The molecule has 1 unspecified atom stereocenters. The molecule has 0 bridgehead atoms. The molecule has 0 fully saturated rings. The van der Waals surface area contributed by atoms with E-state index in [1.807, 2.05) is 30.3 Å². The van der Waals surface area contributed by atoms with Gasteiger partial charge < -0.3 is 5.11 Å². The summed E-state index contributed by atoms with van der Waals surface area (Å²) in [5.41, 5.74) is 4.27. The van der Waals surface area contributed by atoms with E-state index in [1.165, 1.54) is 11.1 Å². The van der Waals surface area contributed by atoms with Crippen molar-refractivity contribution < 1.29 is 5.11 Å². The monoisotopic (exact) mass is 254 g/mol. The van der Waals surface area contributed by atoms with Crippen LogP contribution < -0.4 is 0 Å². The molecule has 19 heavy (non-hydrogen) atoms. The number of hydrogen-bond acceptors (Lipinski definition) is 1. The van der Waals surface area contributed by atoms with Crippen molar-refractivity contribution >= 4 is 0 Å². The third-order valence-electron chi connectivity index (χ3n) is 4.14. The number of benzene rings is 2. The van der Waals surface area contributed by atoms with Crippen LogP contribution in [0.15, 0.2) is 48.5 Å². The zero-order valence-electron chi connectivity index (χ0n) is 12.1. The lowest BCUT2D eigenvalue weighted by Crippen LogP contribution is -2.27. The SMILES string of the molecule is Cc1cccc(C(O)C(C)(C)c2ccccc2)c1C. The third kappa shape index (κ3) is 2.57. The van der Waals surface area contributed by atoms with Gasteiger partial charge in [0.2, 0.25) is 0 Å². The van der Waals surface area contributed by atoms with Gasteiger partial charge >= 0.3 is 0 Å². The number of rotatable bonds is 3. The Hall–Kier alpha value is -1.60. The van der Waals surface area contributed by atoms with Crippen molar-refractivity contribution in [3.63, 3.8) is 0 Å². The molecule has 0 aromatic heterocycles. The molecule has 2 rings (SSSR count). The van der Waals surface area contributed by atoms with E-state index in [1.54, 1.807) is 0 Å². The highest BCUT2D eigenvalue weighted by Crippen LogP contribution is 2.38. The Morgan fingerprint density at radius 2 is 1.53 bits per heavy atom. The largest absolute Gasteiger partial charge is 0.387 e. The first-order valence-corrected chi connectivity index (χ1v) is 6.74. The van der Waals surface area contributed by atoms with Crippen LogP contribution in [0.4, 0.5) is 0 Å². The summed E-state index contributed by atoms with van der Waals surface area (Å²) in [5.74, 6) is 0. The van der Waals surface area contributed by atoms with Gasteiger partial charge in [0.1, 0.15) is 0 Å². The second kappa shape index (κ2) is 5.18. The first-order chi connectivity index (χ1) is 8.94. The van der Waals surface area contributed by atoms with Crippen LogP contribution >= 0.6 is 0 Å². The van der Waals surface area contributed by atoms with Crippen LogP contribution in [0, 0.1) is 13.8 Å². The Labute approximate surface area is 115 Å². The third-order valence-corrected chi connectivity index (χ3v) is 4.14. The Morgan fingerprint density at radius 3 is 2.16 bits per heavy atom. The quantitative estimate of drug-likeness (QED) is 0.865. The van der Waals surface area contributed by atoms with Gasteiger partial charge in [0.15, 0.2) is 0 Å². The molecule has 100 valence electrons. The van der Waals surface area contributed by atoms with E-state index in [0.717, 1.165) is 11.1 Å². The lowest BCUT2D eigenvalue weighted by atomic mass is 9.75. The molecule has 0 saturated heterocycles. The fraction of sp³-hybridized carbons (Fsp3) is 0.333. The Balaban J connectivity index is 2.43. The second-order valence-corrected chi connectivity index (χ2v) is 5.78. The molecule has 0 aliphatic heterocycles. The molecule has 0 aliphatic carbocycles. The molecule has 0 amide bonds. The summed E-state index contributed by atoms with van der Waals surface area (Å²) < 4.78 is 0. The zero-order chi connectivity index (χ0) is 14.0. The molecular formula is C18H22O. The van der Waals surface area contributed by atoms with Gasteiger partial charge in [-0.2, -0.15) is 0 Å². The fourth-order valence-corrected chi connectivity index (χ4v) is 2.48. The van der Waals surface area contributed by atoms with Crippen molar-refractivity contribution in [1.29, 1.82) is 0 Å². The minimum Gasteiger partial charge on any atom is -0.387 e. The van der Waals surface area contributed by atoms with Gasteiger partial charge in [-0.05, 0) is 36.1 Å². The number of aliphatic hydroxyl groups excluding tert-OH is 1. The maximum absolute atomic E-state index is 10.8. The topological polar surface area (TPSA) is 20.2 Å². The summed E-state index contributed by atoms with van der Waals surface area (Å²) in [5, 5.41) is 10.8. The van der Waals surface area contributed by atoms with Gasteiger partial charge in [-0.1, -0.05) is 62.4 Å². The molecule has 2 aromatic carbocycles. The van der Waals surface area contributed by atoms with E-state index in [0.29, 0.717) is 0 Å². The van der Waals surface area contributed by atoms with Crippen molar-refractivity contribution in [2.24, 2.45) is 0 Å². The molecule has 1 atom stereocenters. The summed E-state index contributed by atoms with van der Waals surface area (Å²) in [4.78, 5) is 0. The summed E-state index contributed by atoms with van der Waals surface area (Å²) in [7, 11) is 0. The summed E-state index contributed by atoms with van der Waals surface area (Å²) in [6.07, 6.45) is -0.505. The highest BCUT2D eigenvalue weighted by molar-refractivity contribution is 5.38. The first-order valence-electron chi connectivity index (χ1n) is 6.74. The minimum absolute atomic E-state index is 0.306. The molecule has 0 spiro atoms. The zero-order valence-corrected chi connectivity index (χ0v) is 12.1. The smallest absolute Gasteiger partial charge is 0.0883 e. The van der Waals surface area contributed by atoms with Crippen LogP contribution in [0.3, 0.4) is 0 Å². The fourth-order valence-electron chi connectivity index (χ4n) is 2.48. The molecule has 2 aromatic rings. The van der Waals surface area contributed by atoms with Crippen molar-refractivity contribution in [3.05, 3.63) is 70.8 Å².